The Morgan fingerprint density at radius 1 is 1.47 bits per heavy atom. The lowest BCUT2D eigenvalue weighted by Gasteiger charge is -2.22. The topological polar surface area (TPSA) is 15.6 Å². The monoisotopic (exact) mass is 204 g/mol. The second-order valence-corrected chi connectivity index (χ2v) is 3.87. The quantitative estimate of drug-likeness (QED) is 0.640. The third kappa shape index (κ3) is 3.08. The molecule has 1 aliphatic rings. The van der Waals surface area contributed by atoms with Gasteiger partial charge in [-0.2, -0.15) is 5.10 Å². The van der Waals surface area contributed by atoms with Gasteiger partial charge < -0.3 is 0 Å². The van der Waals surface area contributed by atoms with E-state index >= 15 is 0 Å². The number of rotatable bonds is 3. The zero-order valence-electron chi connectivity index (χ0n) is 10.1. The maximum absolute atomic E-state index is 4.29. The van der Waals surface area contributed by atoms with E-state index in [1.165, 1.54) is 11.3 Å². The second kappa shape index (κ2) is 5.54. The van der Waals surface area contributed by atoms with Crippen LogP contribution in [0.2, 0.25) is 0 Å². The molecule has 0 bridgehead atoms. The Hall–Kier alpha value is -1.31. The smallest absolute Gasteiger partial charge is 0.0608 e. The first-order valence-electron chi connectivity index (χ1n) is 5.56. The first-order valence-corrected chi connectivity index (χ1v) is 5.56. The van der Waals surface area contributed by atoms with E-state index in [0.29, 0.717) is 5.92 Å². The third-order valence-electron chi connectivity index (χ3n) is 2.31. The fraction of sp³-hybridized carbons (Fsp3) is 0.462. The molecule has 0 aromatic rings. The van der Waals surface area contributed by atoms with Gasteiger partial charge in [0, 0.05) is 12.4 Å². The van der Waals surface area contributed by atoms with Crippen LogP contribution in [-0.2, 0) is 0 Å². The standard InChI is InChI=1S/C13H20N2/c1-5-7-13-10-12(11(3)4)8-9-15(13)14-6-2/h6-11H,5H2,1-4H3/b13-7+,14-6-. The van der Waals surface area contributed by atoms with Crippen LogP contribution in [0.3, 0.4) is 0 Å². The number of allylic oxidation sites excluding steroid dienone is 4. The van der Waals surface area contributed by atoms with Crippen molar-refractivity contribution in [3.63, 3.8) is 0 Å². The molecule has 0 radical (unpaired) electrons. The van der Waals surface area contributed by atoms with Crippen molar-refractivity contribution < 1.29 is 0 Å². The van der Waals surface area contributed by atoms with Gasteiger partial charge in [-0.15, -0.1) is 0 Å². The lowest BCUT2D eigenvalue weighted by atomic mass is 10.00. The molecule has 0 saturated heterocycles. The van der Waals surface area contributed by atoms with Crippen molar-refractivity contribution in [1.29, 1.82) is 0 Å². The number of hydrogen-bond donors (Lipinski definition) is 0. The van der Waals surface area contributed by atoms with Crippen LogP contribution in [0, 0.1) is 5.92 Å². The minimum absolute atomic E-state index is 0.564. The lowest BCUT2D eigenvalue weighted by molar-refractivity contribution is 0.504. The highest BCUT2D eigenvalue weighted by molar-refractivity contribution is 5.53. The predicted molar refractivity (Wildman–Crippen MR) is 66.4 cm³/mol. The van der Waals surface area contributed by atoms with Gasteiger partial charge >= 0.3 is 0 Å². The molecular formula is C13H20N2. The highest BCUT2D eigenvalue weighted by Crippen LogP contribution is 2.22. The Morgan fingerprint density at radius 2 is 2.20 bits per heavy atom. The highest BCUT2D eigenvalue weighted by atomic mass is 15.4. The molecule has 0 aromatic heterocycles. The van der Waals surface area contributed by atoms with Gasteiger partial charge in [0.2, 0.25) is 0 Å². The summed E-state index contributed by atoms with van der Waals surface area (Å²) in [4.78, 5) is 0. The van der Waals surface area contributed by atoms with Gasteiger partial charge in [-0.1, -0.05) is 26.8 Å². The summed E-state index contributed by atoms with van der Waals surface area (Å²) in [6.45, 7) is 8.48. The van der Waals surface area contributed by atoms with Crippen LogP contribution in [0.1, 0.15) is 34.1 Å². The summed E-state index contributed by atoms with van der Waals surface area (Å²) in [6, 6.07) is 0. The molecule has 0 saturated carbocycles. The molecule has 0 atom stereocenters. The Kier molecular flexibility index (Phi) is 4.35. The van der Waals surface area contributed by atoms with Crippen LogP contribution in [0.4, 0.5) is 0 Å². The molecule has 1 aliphatic heterocycles. The minimum atomic E-state index is 0.564. The number of hydrazone groups is 1. The molecule has 0 spiro atoms. The third-order valence-corrected chi connectivity index (χ3v) is 2.31. The molecule has 0 unspecified atom stereocenters. The molecule has 0 aromatic carbocycles. The number of nitrogens with zero attached hydrogens (tertiary/aromatic N) is 2. The average molecular weight is 204 g/mol. The van der Waals surface area contributed by atoms with E-state index in [1.54, 1.807) is 0 Å². The fourth-order valence-corrected chi connectivity index (χ4v) is 1.48. The summed E-state index contributed by atoms with van der Waals surface area (Å²) in [7, 11) is 0. The lowest BCUT2D eigenvalue weighted by Crippen LogP contribution is -2.13. The van der Waals surface area contributed by atoms with E-state index in [2.05, 4.69) is 44.1 Å². The zero-order valence-corrected chi connectivity index (χ0v) is 10.1. The van der Waals surface area contributed by atoms with Crippen molar-refractivity contribution in [2.75, 3.05) is 0 Å². The van der Waals surface area contributed by atoms with Crippen molar-refractivity contribution in [2.24, 2.45) is 11.0 Å². The van der Waals surface area contributed by atoms with Crippen LogP contribution in [0.25, 0.3) is 0 Å². The van der Waals surface area contributed by atoms with Gasteiger partial charge in [-0.3, -0.25) is 0 Å². The predicted octanol–water partition coefficient (Wildman–Crippen LogP) is 3.70. The molecule has 1 rings (SSSR count). The first kappa shape index (κ1) is 11.8. The molecule has 2 heteroatoms. The molecule has 15 heavy (non-hydrogen) atoms. The summed E-state index contributed by atoms with van der Waals surface area (Å²) in [5.74, 6) is 0.564. The molecule has 0 amide bonds. The normalized spacial score (nSPS) is 19.4. The summed E-state index contributed by atoms with van der Waals surface area (Å²) >= 11 is 0. The van der Waals surface area contributed by atoms with E-state index in [1.807, 2.05) is 24.3 Å². The highest BCUT2D eigenvalue weighted by Gasteiger charge is 2.10. The largest absolute Gasteiger partial charge is 0.242 e. The van der Waals surface area contributed by atoms with Crippen molar-refractivity contribution in [2.45, 2.75) is 34.1 Å². The molecule has 82 valence electrons. The summed E-state index contributed by atoms with van der Waals surface area (Å²) in [5.41, 5.74) is 2.53. The van der Waals surface area contributed by atoms with E-state index in [0.717, 1.165) is 6.42 Å². The SMILES string of the molecule is C/C=N\N1C=CC(C(C)C)=C/C1=C\CC. The van der Waals surface area contributed by atoms with Crippen LogP contribution in [0.5, 0.6) is 0 Å². The molecule has 0 fully saturated rings. The summed E-state index contributed by atoms with van der Waals surface area (Å²) < 4.78 is 0. The van der Waals surface area contributed by atoms with Crippen molar-refractivity contribution in [1.82, 2.24) is 5.01 Å². The first-order chi connectivity index (χ1) is 7.19. The summed E-state index contributed by atoms with van der Waals surface area (Å²) in [5, 5.41) is 6.20. The van der Waals surface area contributed by atoms with Gasteiger partial charge in [0.05, 0.1) is 5.70 Å². The molecule has 2 nitrogen and oxygen atoms in total. The fourth-order valence-electron chi connectivity index (χ4n) is 1.48. The van der Waals surface area contributed by atoms with E-state index in [-0.39, 0.29) is 0 Å². The van der Waals surface area contributed by atoms with Gasteiger partial charge in [0.15, 0.2) is 0 Å². The van der Waals surface area contributed by atoms with Crippen LogP contribution in [-0.4, -0.2) is 11.2 Å². The summed E-state index contributed by atoms with van der Waals surface area (Å²) in [6.07, 6.45) is 11.4. The van der Waals surface area contributed by atoms with E-state index in [9.17, 15) is 0 Å². The zero-order chi connectivity index (χ0) is 11.3. The maximum Gasteiger partial charge on any atom is 0.0608 e. The van der Waals surface area contributed by atoms with Crippen LogP contribution in [0.15, 0.2) is 40.8 Å². The molecule has 0 aliphatic carbocycles. The van der Waals surface area contributed by atoms with Crippen molar-refractivity contribution in [3.05, 3.63) is 35.7 Å². The minimum Gasteiger partial charge on any atom is -0.242 e. The van der Waals surface area contributed by atoms with Gasteiger partial charge in [0.1, 0.15) is 0 Å². The van der Waals surface area contributed by atoms with Crippen LogP contribution < -0.4 is 0 Å². The molecule has 1 heterocycles. The van der Waals surface area contributed by atoms with Crippen LogP contribution >= 0.6 is 0 Å². The Labute approximate surface area is 92.7 Å². The maximum atomic E-state index is 4.29. The van der Waals surface area contributed by atoms with Crippen molar-refractivity contribution in [3.8, 4) is 0 Å². The van der Waals surface area contributed by atoms with Gasteiger partial charge in [-0.25, -0.2) is 5.01 Å². The average Bonchev–Trinajstić information content (AvgIpc) is 2.21. The second-order valence-electron chi connectivity index (χ2n) is 3.87. The van der Waals surface area contributed by atoms with E-state index < -0.39 is 0 Å². The Bertz CT molecular complexity index is 319. The van der Waals surface area contributed by atoms with Gasteiger partial charge in [-0.05, 0) is 37.0 Å². The van der Waals surface area contributed by atoms with E-state index in [4.69, 9.17) is 0 Å². The number of hydrogen-bond acceptors (Lipinski definition) is 2. The Morgan fingerprint density at radius 3 is 2.73 bits per heavy atom. The molecular weight excluding hydrogens is 184 g/mol. The Balaban J connectivity index is 2.94. The van der Waals surface area contributed by atoms with Gasteiger partial charge in [0.25, 0.3) is 0 Å². The van der Waals surface area contributed by atoms with Crippen molar-refractivity contribution >= 4 is 6.21 Å². The molecule has 0 N–H and O–H groups in total.